The topological polar surface area (TPSA) is 54.5 Å². The lowest BCUT2D eigenvalue weighted by Gasteiger charge is -2.16. The predicted octanol–water partition coefficient (Wildman–Crippen LogP) is 3.05. The fraction of sp³-hybridized carbons (Fsp3) is 0.333. The van der Waals surface area contributed by atoms with Crippen molar-refractivity contribution >= 4 is 34.0 Å². The molecule has 1 aromatic carbocycles. The largest absolute Gasteiger partial charge is 0.492 e. The summed E-state index contributed by atoms with van der Waals surface area (Å²) in [6.07, 6.45) is 0. The lowest BCUT2D eigenvalue weighted by Crippen LogP contribution is -2.33. The van der Waals surface area contributed by atoms with E-state index in [0.717, 1.165) is 11.4 Å². The summed E-state index contributed by atoms with van der Waals surface area (Å²) in [5, 5.41) is 5.99. The van der Waals surface area contributed by atoms with Crippen molar-refractivity contribution in [3.63, 3.8) is 0 Å². The van der Waals surface area contributed by atoms with Gasteiger partial charge in [-0.1, -0.05) is 11.6 Å². The molecule has 0 bridgehead atoms. The Morgan fingerprint density at radius 2 is 2.14 bits per heavy atom. The van der Waals surface area contributed by atoms with Gasteiger partial charge >= 0.3 is 0 Å². The Hall–Kier alpha value is -1.63. The van der Waals surface area contributed by atoms with Crippen LogP contribution >= 0.6 is 22.9 Å². The molecule has 1 heterocycles. The second-order valence-corrected chi connectivity index (χ2v) is 6.18. The number of benzene rings is 1. The number of amides is 1. The van der Waals surface area contributed by atoms with Gasteiger partial charge in [0.2, 0.25) is 5.91 Å². The van der Waals surface area contributed by atoms with Gasteiger partial charge in [0.15, 0.2) is 5.13 Å². The molecule has 0 unspecified atom stereocenters. The Bertz CT molecular complexity index is 616. The Morgan fingerprint density at radius 3 is 2.77 bits per heavy atom. The van der Waals surface area contributed by atoms with Crippen LogP contribution in [0.4, 0.5) is 5.13 Å². The van der Waals surface area contributed by atoms with Crippen LogP contribution in [-0.4, -0.2) is 42.5 Å². The fourth-order valence-corrected chi connectivity index (χ4v) is 2.57. The van der Waals surface area contributed by atoms with Gasteiger partial charge in [0, 0.05) is 16.9 Å². The Kier molecular flexibility index (Phi) is 6.18. The number of carbonyl (C=O) groups excluding carboxylic acids is 1. The van der Waals surface area contributed by atoms with E-state index in [0.29, 0.717) is 29.9 Å². The summed E-state index contributed by atoms with van der Waals surface area (Å²) >= 11 is 7.23. The van der Waals surface area contributed by atoms with Gasteiger partial charge in [-0.25, -0.2) is 4.98 Å². The van der Waals surface area contributed by atoms with Crippen molar-refractivity contribution in [1.82, 2.24) is 9.88 Å². The zero-order chi connectivity index (χ0) is 15.9. The first-order valence-electron chi connectivity index (χ1n) is 6.82. The summed E-state index contributed by atoms with van der Waals surface area (Å²) in [7, 11) is 1.87. The van der Waals surface area contributed by atoms with E-state index >= 15 is 0 Å². The van der Waals surface area contributed by atoms with E-state index in [4.69, 9.17) is 16.3 Å². The Labute approximate surface area is 138 Å². The summed E-state index contributed by atoms with van der Waals surface area (Å²) < 4.78 is 5.59. The fourth-order valence-electron chi connectivity index (χ4n) is 1.74. The third-order valence-electron chi connectivity index (χ3n) is 2.83. The molecule has 1 N–H and O–H groups in total. The minimum absolute atomic E-state index is 0.0802. The first kappa shape index (κ1) is 16.7. The minimum atomic E-state index is -0.0802. The number of nitrogens with one attached hydrogen (secondary N) is 1. The Balaban J connectivity index is 1.67. The van der Waals surface area contributed by atoms with Gasteiger partial charge in [-0.2, -0.15) is 0 Å². The maximum atomic E-state index is 11.9. The second-order valence-electron chi connectivity index (χ2n) is 4.88. The monoisotopic (exact) mass is 339 g/mol. The summed E-state index contributed by atoms with van der Waals surface area (Å²) in [4.78, 5) is 18.0. The number of halogens is 1. The summed E-state index contributed by atoms with van der Waals surface area (Å²) in [6, 6.07) is 7.20. The van der Waals surface area contributed by atoms with E-state index in [1.165, 1.54) is 11.3 Å². The number of thiazole rings is 1. The van der Waals surface area contributed by atoms with Gasteiger partial charge in [0.1, 0.15) is 12.4 Å². The van der Waals surface area contributed by atoms with E-state index < -0.39 is 0 Å². The van der Waals surface area contributed by atoms with Crippen molar-refractivity contribution in [2.45, 2.75) is 6.92 Å². The number of aryl methyl sites for hydroxylation is 1. The van der Waals surface area contributed by atoms with Crippen LogP contribution in [0.25, 0.3) is 0 Å². The number of carbonyl (C=O) groups is 1. The van der Waals surface area contributed by atoms with Crippen LogP contribution in [0.2, 0.25) is 5.02 Å². The van der Waals surface area contributed by atoms with Gasteiger partial charge < -0.3 is 10.1 Å². The highest BCUT2D eigenvalue weighted by atomic mass is 35.5. The van der Waals surface area contributed by atoms with Crippen molar-refractivity contribution in [3.8, 4) is 5.75 Å². The highest BCUT2D eigenvalue weighted by molar-refractivity contribution is 7.13. The van der Waals surface area contributed by atoms with Crippen molar-refractivity contribution in [2.75, 3.05) is 32.1 Å². The molecule has 5 nitrogen and oxygen atoms in total. The average molecular weight is 340 g/mol. The first-order valence-corrected chi connectivity index (χ1v) is 8.07. The lowest BCUT2D eigenvalue weighted by molar-refractivity contribution is -0.117. The van der Waals surface area contributed by atoms with Gasteiger partial charge in [-0.15, -0.1) is 11.3 Å². The van der Waals surface area contributed by atoms with Crippen LogP contribution in [-0.2, 0) is 4.79 Å². The molecule has 7 heteroatoms. The Morgan fingerprint density at radius 1 is 1.41 bits per heavy atom. The van der Waals surface area contributed by atoms with Crippen molar-refractivity contribution in [1.29, 1.82) is 0 Å². The average Bonchev–Trinajstić information content (AvgIpc) is 2.86. The molecule has 0 aliphatic carbocycles. The van der Waals surface area contributed by atoms with Gasteiger partial charge in [0.05, 0.1) is 12.2 Å². The SMILES string of the molecule is Cc1csc(NC(=O)CN(C)CCOc2ccc(Cl)cc2)n1. The van der Waals surface area contributed by atoms with Crippen LogP contribution in [0.15, 0.2) is 29.6 Å². The molecule has 2 aromatic rings. The molecule has 0 radical (unpaired) electrons. The molecular weight excluding hydrogens is 322 g/mol. The maximum Gasteiger partial charge on any atom is 0.240 e. The highest BCUT2D eigenvalue weighted by Crippen LogP contribution is 2.15. The zero-order valence-corrected chi connectivity index (χ0v) is 14.1. The normalized spacial score (nSPS) is 10.7. The van der Waals surface area contributed by atoms with Crippen LogP contribution in [0.5, 0.6) is 5.75 Å². The van der Waals surface area contributed by atoms with E-state index in [1.807, 2.05) is 36.4 Å². The lowest BCUT2D eigenvalue weighted by atomic mass is 10.3. The number of likely N-dealkylation sites (N-methyl/N-ethyl adjacent to an activating group) is 1. The number of rotatable bonds is 7. The van der Waals surface area contributed by atoms with E-state index in [9.17, 15) is 4.79 Å². The quantitative estimate of drug-likeness (QED) is 0.842. The summed E-state index contributed by atoms with van der Waals surface area (Å²) in [5.41, 5.74) is 0.907. The molecule has 0 saturated heterocycles. The van der Waals surface area contributed by atoms with Gasteiger partial charge in [-0.3, -0.25) is 9.69 Å². The zero-order valence-electron chi connectivity index (χ0n) is 12.5. The first-order chi connectivity index (χ1) is 10.5. The molecule has 0 aliphatic heterocycles. The van der Waals surface area contributed by atoms with Crippen molar-refractivity contribution in [3.05, 3.63) is 40.4 Å². The number of aromatic nitrogens is 1. The summed E-state index contributed by atoms with van der Waals surface area (Å²) in [5.74, 6) is 0.684. The number of hydrogen-bond donors (Lipinski definition) is 1. The van der Waals surface area contributed by atoms with Crippen LogP contribution in [0.1, 0.15) is 5.69 Å². The molecule has 2 rings (SSSR count). The number of anilines is 1. The number of nitrogens with zero attached hydrogens (tertiary/aromatic N) is 2. The molecule has 0 saturated carbocycles. The second kappa shape index (κ2) is 8.12. The number of ether oxygens (including phenoxy) is 1. The standard InChI is InChI=1S/C15H18ClN3O2S/c1-11-10-22-15(17-11)18-14(20)9-19(2)7-8-21-13-5-3-12(16)4-6-13/h3-6,10H,7-9H2,1-2H3,(H,17,18,20). The molecule has 0 spiro atoms. The van der Waals surface area contributed by atoms with Crippen molar-refractivity contribution in [2.24, 2.45) is 0 Å². The highest BCUT2D eigenvalue weighted by Gasteiger charge is 2.09. The van der Waals surface area contributed by atoms with Gasteiger partial charge in [0.25, 0.3) is 0 Å². The van der Waals surface area contributed by atoms with Crippen LogP contribution < -0.4 is 10.1 Å². The van der Waals surface area contributed by atoms with Crippen LogP contribution in [0, 0.1) is 6.92 Å². The van der Waals surface area contributed by atoms with Crippen LogP contribution in [0.3, 0.4) is 0 Å². The molecular formula is C15H18ClN3O2S. The third-order valence-corrected chi connectivity index (χ3v) is 3.96. The number of hydrogen-bond acceptors (Lipinski definition) is 5. The molecule has 0 aliphatic rings. The molecule has 0 atom stereocenters. The molecule has 118 valence electrons. The van der Waals surface area contributed by atoms with E-state index in [2.05, 4.69) is 10.3 Å². The summed E-state index contributed by atoms with van der Waals surface area (Å²) in [6.45, 7) is 3.34. The molecule has 1 amide bonds. The van der Waals surface area contributed by atoms with Crippen molar-refractivity contribution < 1.29 is 9.53 Å². The molecule has 22 heavy (non-hydrogen) atoms. The smallest absolute Gasteiger partial charge is 0.240 e. The third kappa shape index (κ3) is 5.63. The molecule has 1 aromatic heterocycles. The minimum Gasteiger partial charge on any atom is -0.492 e. The van der Waals surface area contributed by atoms with E-state index in [1.54, 1.807) is 12.1 Å². The molecule has 0 fully saturated rings. The van der Waals surface area contributed by atoms with E-state index in [-0.39, 0.29) is 5.91 Å². The maximum absolute atomic E-state index is 11.9. The predicted molar refractivity (Wildman–Crippen MR) is 89.9 cm³/mol. The van der Waals surface area contributed by atoms with Gasteiger partial charge in [-0.05, 0) is 38.2 Å².